The lowest BCUT2D eigenvalue weighted by atomic mass is 9.64. The molecule has 192 valence electrons. The van der Waals surface area contributed by atoms with Gasteiger partial charge in [-0.3, -0.25) is 13.6 Å². The van der Waals surface area contributed by atoms with E-state index in [0.717, 1.165) is 24.0 Å². The Labute approximate surface area is 220 Å². The molecule has 0 saturated heterocycles. The fourth-order valence-electron chi connectivity index (χ4n) is 5.41. The van der Waals surface area contributed by atoms with E-state index < -0.39 is 7.82 Å². The Morgan fingerprint density at radius 3 is 1.78 bits per heavy atom. The summed E-state index contributed by atoms with van der Waals surface area (Å²) in [6.45, 7) is 0.309. The van der Waals surface area contributed by atoms with Crippen LogP contribution < -0.4 is 0 Å². The molecule has 3 aromatic carbocycles. The third-order valence-corrected chi connectivity index (χ3v) is 8.80. The molecule has 0 N–H and O–H groups in total. The van der Waals surface area contributed by atoms with Gasteiger partial charge < -0.3 is 0 Å². The van der Waals surface area contributed by atoms with Crippen molar-refractivity contribution in [1.29, 1.82) is 0 Å². The second kappa shape index (κ2) is 12.2. The van der Waals surface area contributed by atoms with Crippen molar-refractivity contribution in [3.8, 4) is 0 Å². The first kappa shape index (κ1) is 25.9. The van der Waals surface area contributed by atoms with Gasteiger partial charge in [-0.05, 0) is 41.5 Å². The molecule has 5 heteroatoms. The summed E-state index contributed by atoms with van der Waals surface area (Å²) in [7, 11) is -3.83. The van der Waals surface area contributed by atoms with E-state index in [1.165, 1.54) is 30.4 Å². The Morgan fingerprint density at radius 1 is 0.730 bits per heavy atom. The van der Waals surface area contributed by atoms with Crippen molar-refractivity contribution in [2.45, 2.75) is 63.3 Å². The second-order valence-corrected chi connectivity index (χ2v) is 11.5. The van der Waals surface area contributed by atoms with Gasteiger partial charge in [0.15, 0.2) is 0 Å². The molecule has 4 nitrogen and oxygen atoms in total. The average Bonchev–Trinajstić information content (AvgIpc) is 2.97. The summed E-state index contributed by atoms with van der Waals surface area (Å²) in [5.74, 6) is 0. The van der Waals surface area contributed by atoms with Crippen LogP contribution in [-0.4, -0.2) is 6.10 Å². The zero-order valence-electron chi connectivity index (χ0n) is 21.2. The van der Waals surface area contributed by atoms with Crippen LogP contribution >= 0.6 is 7.82 Å². The number of allylic oxidation sites excluding steroid dienone is 2. The third-order valence-electron chi connectivity index (χ3n) is 7.38. The number of rotatable bonds is 10. The minimum Gasteiger partial charge on any atom is -0.282 e. The molecule has 0 aliphatic heterocycles. The van der Waals surface area contributed by atoms with Gasteiger partial charge >= 0.3 is 7.82 Å². The summed E-state index contributed by atoms with van der Waals surface area (Å²) in [4.78, 5) is 0. The van der Waals surface area contributed by atoms with Gasteiger partial charge in [0.25, 0.3) is 0 Å². The van der Waals surface area contributed by atoms with Gasteiger partial charge in [-0.15, -0.1) is 0 Å². The molecule has 0 aromatic heterocycles. The molecule has 3 aromatic rings. The molecule has 0 spiro atoms. The van der Waals surface area contributed by atoms with E-state index in [0.29, 0.717) is 6.42 Å². The number of benzene rings is 3. The molecule has 1 fully saturated rings. The second-order valence-electron chi connectivity index (χ2n) is 9.87. The quantitative estimate of drug-likeness (QED) is 0.254. The fraction of sp³-hybridized carbons (Fsp3) is 0.312. The van der Waals surface area contributed by atoms with Crippen LogP contribution in [0.15, 0.2) is 115 Å². The molecule has 0 amide bonds. The van der Waals surface area contributed by atoms with E-state index in [1.54, 1.807) is 0 Å². The maximum absolute atomic E-state index is 13.8. The highest BCUT2D eigenvalue weighted by Gasteiger charge is 2.38. The summed E-state index contributed by atoms with van der Waals surface area (Å²) in [5, 5.41) is 0. The van der Waals surface area contributed by atoms with Crippen LogP contribution in [0.4, 0.5) is 0 Å². The molecular weight excluding hydrogens is 479 g/mol. The lowest BCUT2D eigenvalue weighted by Gasteiger charge is -2.40. The largest absolute Gasteiger partial charge is 0.476 e. The monoisotopic (exact) mass is 514 g/mol. The maximum Gasteiger partial charge on any atom is 0.476 e. The van der Waals surface area contributed by atoms with E-state index in [9.17, 15) is 4.57 Å². The maximum atomic E-state index is 13.8. The minimum atomic E-state index is -3.83. The van der Waals surface area contributed by atoms with Crippen molar-refractivity contribution in [3.63, 3.8) is 0 Å². The lowest BCUT2D eigenvalue weighted by Crippen LogP contribution is -2.32. The minimum absolute atomic E-state index is 0.0400. The molecule has 2 aliphatic rings. The normalized spacial score (nSPS) is 19.4. The van der Waals surface area contributed by atoms with Crippen LogP contribution in [-0.2, 0) is 36.8 Å². The molecule has 1 atom stereocenters. The first-order valence-corrected chi connectivity index (χ1v) is 14.7. The predicted octanol–water partition coefficient (Wildman–Crippen LogP) is 8.70. The number of hydrogen-bond acceptors (Lipinski definition) is 4. The molecule has 0 heterocycles. The van der Waals surface area contributed by atoms with Crippen LogP contribution in [0.25, 0.3) is 0 Å². The Bertz CT molecular complexity index is 1180. The first-order valence-electron chi connectivity index (χ1n) is 13.3. The molecule has 0 radical (unpaired) electrons. The van der Waals surface area contributed by atoms with Gasteiger partial charge in [0.2, 0.25) is 0 Å². The molecule has 37 heavy (non-hydrogen) atoms. The van der Waals surface area contributed by atoms with Crippen molar-refractivity contribution in [1.82, 2.24) is 0 Å². The number of phosphoric ester groups is 1. The Morgan fingerprint density at radius 2 is 1.27 bits per heavy atom. The van der Waals surface area contributed by atoms with E-state index in [-0.39, 0.29) is 24.7 Å². The zero-order chi connectivity index (χ0) is 25.4. The summed E-state index contributed by atoms with van der Waals surface area (Å²) < 4.78 is 31.5. The van der Waals surface area contributed by atoms with Crippen molar-refractivity contribution >= 4 is 7.82 Å². The van der Waals surface area contributed by atoms with Gasteiger partial charge in [-0.1, -0.05) is 128 Å². The van der Waals surface area contributed by atoms with Crippen molar-refractivity contribution in [2.24, 2.45) is 0 Å². The third kappa shape index (κ3) is 6.58. The highest BCUT2D eigenvalue weighted by Crippen LogP contribution is 2.53. The van der Waals surface area contributed by atoms with Crippen LogP contribution in [0.2, 0.25) is 0 Å². The molecule has 1 saturated carbocycles. The zero-order valence-corrected chi connectivity index (χ0v) is 22.1. The van der Waals surface area contributed by atoms with Crippen LogP contribution in [0.5, 0.6) is 0 Å². The van der Waals surface area contributed by atoms with E-state index >= 15 is 0 Å². The molecule has 5 rings (SSSR count). The number of phosphoric acid groups is 1. The smallest absolute Gasteiger partial charge is 0.282 e. The molecule has 1 unspecified atom stereocenters. The summed E-state index contributed by atoms with van der Waals surface area (Å²) in [6.07, 6.45) is 12.8. The fourth-order valence-corrected chi connectivity index (χ4v) is 6.71. The summed E-state index contributed by atoms with van der Waals surface area (Å²) >= 11 is 0. The van der Waals surface area contributed by atoms with Crippen LogP contribution in [0.3, 0.4) is 0 Å². The predicted molar refractivity (Wildman–Crippen MR) is 148 cm³/mol. The lowest BCUT2D eigenvalue weighted by molar-refractivity contribution is 0.0848. The summed E-state index contributed by atoms with van der Waals surface area (Å²) in [5.41, 5.74) is 4.59. The van der Waals surface area contributed by atoms with Crippen LogP contribution in [0.1, 0.15) is 55.2 Å². The van der Waals surface area contributed by atoms with E-state index in [1.807, 2.05) is 66.7 Å². The van der Waals surface area contributed by atoms with E-state index in [2.05, 4.69) is 42.5 Å². The molecule has 2 aliphatic carbocycles. The van der Waals surface area contributed by atoms with Gasteiger partial charge in [0.1, 0.15) is 0 Å². The SMILES string of the molecule is O=P(OCc1ccccc1)(OCc1ccccc1)OC1C=CC(C2(c3ccccc3)CCCCC2)=CC1. The standard InChI is InChI=1S/C32H35O4P/c33-37(34-25-27-13-5-1-6-14-27,35-26-28-15-7-2-8-16-28)36-31-21-19-30(20-22-31)32(23-11-4-12-24-32)29-17-9-3-10-18-29/h1-3,5-10,13-21,31H,4,11-12,22-26H2. The van der Waals surface area contributed by atoms with Crippen molar-refractivity contribution < 1.29 is 18.1 Å². The van der Waals surface area contributed by atoms with Gasteiger partial charge in [0.05, 0.1) is 19.3 Å². The van der Waals surface area contributed by atoms with Crippen LogP contribution in [0, 0.1) is 0 Å². The topological polar surface area (TPSA) is 44.8 Å². The highest BCUT2D eigenvalue weighted by atomic mass is 31.2. The first-order chi connectivity index (χ1) is 18.2. The highest BCUT2D eigenvalue weighted by molar-refractivity contribution is 7.48. The Balaban J connectivity index is 1.30. The van der Waals surface area contributed by atoms with Crippen molar-refractivity contribution in [3.05, 3.63) is 131 Å². The van der Waals surface area contributed by atoms with Gasteiger partial charge in [-0.2, -0.15) is 0 Å². The summed E-state index contributed by atoms with van der Waals surface area (Å²) in [6, 6.07) is 30.2. The van der Waals surface area contributed by atoms with Gasteiger partial charge in [0, 0.05) is 5.41 Å². The molecule has 0 bridgehead atoms. The number of hydrogen-bond donors (Lipinski definition) is 0. The van der Waals surface area contributed by atoms with E-state index in [4.69, 9.17) is 13.6 Å². The molecular formula is C32H35O4P. The van der Waals surface area contributed by atoms with Crippen molar-refractivity contribution in [2.75, 3.05) is 0 Å². The Kier molecular flexibility index (Phi) is 8.53. The Hall–Kier alpha value is -2.75. The average molecular weight is 515 g/mol. The van der Waals surface area contributed by atoms with Gasteiger partial charge in [-0.25, -0.2) is 4.57 Å².